The number of imidazole rings is 1. The number of benzene rings is 1. The van der Waals surface area contributed by atoms with E-state index >= 15 is 0 Å². The summed E-state index contributed by atoms with van der Waals surface area (Å²) in [6.07, 6.45) is 3.81. The third-order valence-electron chi connectivity index (χ3n) is 2.55. The fourth-order valence-corrected chi connectivity index (χ4v) is 1.71. The minimum absolute atomic E-state index is 0.561. The van der Waals surface area contributed by atoms with Crippen LogP contribution in [0, 0.1) is 0 Å². The molecule has 0 amide bonds. The van der Waals surface area contributed by atoms with Gasteiger partial charge in [0.2, 0.25) is 0 Å². The van der Waals surface area contributed by atoms with Gasteiger partial charge in [-0.3, -0.25) is 0 Å². The quantitative estimate of drug-likeness (QED) is 0.888. The van der Waals surface area contributed by atoms with Crippen LogP contribution in [0.2, 0.25) is 5.02 Å². The lowest BCUT2D eigenvalue weighted by molar-refractivity contribution is 0.909. The van der Waals surface area contributed by atoms with E-state index < -0.39 is 0 Å². The average molecular weight is 236 g/mol. The molecule has 2 N–H and O–H groups in total. The Kier molecular flexibility index (Phi) is 3.15. The highest BCUT2D eigenvalue weighted by molar-refractivity contribution is 6.30. The zero-order chi connectivity index (χ0) is 11.5. The summed E-state index contributed by atoms with van der Waals surface area (Å²) in [7, 11) is 1.90. The van der Waals surface area contributed by atoms with Gasteiger partial charge in [0.15, 0.2) is 5.95 Å². The van der Waals surface area contributed by atoms with Crippen LogP contribution in [-0.4, -0.2) is 9.55 Å². The zero-order valence-corrected chi connectivity index (χ0v) is 9.91. The highest BCUT2D eigenvalue weighted by Crippen LogP contribution is 2.12. The normalized spacial score (nSPS) is 10.6. The second-order valence-electron chi connectivity index (χ2n) is 3.83. The summed E-state index contributed by atoms with van der Waals surface area (Å²) in [5, 5.41) is 0.769. The van der Waals surface area contributed by atoms with Gasteiger partial charge in [-0.05, 0) is 30.5 Å². The van der Waals surface area contributed by atoms with Crippen LogP contribution in [0.1, 0.15) is 11.3 Å². The van der Waals surface area contributed by atoms with Gasteiger partial charge in [-0.25, -0.2) is 4.98 Å². The molecule has 0 aliphatic heterocycles. The van der Waals surface area contributed by atoms with E-state index in [1.54, 1.807) is 0 Å². The molecule has 0 atom stereocenters. The fraction of sp³-hybridized carbons (Fsp3) is 0.250. The van der Waals surface area contributed by atoms with Crippen molar-refractivity contribution < 1.29 is 0 Å². The summed E-state index contributed by atoms with van der Waals surface area (Å²) >= 11 is 5.82. The van der Waals surface area contributed by atoms with E-state index in [0.29, 0.717) is 5.95 Å². The van der Waals surface area contributed by atoms with Gasteiger partial charge >= 0.3 is 0 Å². The molecule has 0 saturated carbocycles. The molecule has 84 valence electrons. The molecule has 0 fully saturated rings. The topological polar surface area (TPSA) is 43.8 Å². The van der Waals surface area contributed by atoms with Crippen LogP contribution in [0.15, 0.2) is 30.5 Å². The molecule has 2 rings (SSSR count). The van der Waals surface area contributed by atoms with Gasteiger partial charge in [-0.15, -0.1) is 0 Å². The van der Waals surface area contributed by atoms with Crippen LogP contribution in [0.5, 0.6) is 0 Å². The van der Waals surface area contributed by atoms with Crippen molar-refractivity contribution >= 4 is 17.5 Å². The predicted molar refractivity (Wildman–Crippen MR) is 66.5 cm³/mol. The maximum atomic E-state index is 5.82. The third-order valence-corrected chi connectivity index (χ3v) is 2.80. The number of hydrogen-bond donors (Lipinski definition) is 1. The summed E-state index contributed by atoms with van der Waals surface area (Å²) in [5.74, 6) is 0.561. The van der Waals surface area contributed by atoms with Crippen molar-refractivity contribution in [2.24, 2.45) is 7.05 Å². The van der Waals surface area contributed by atoms with Gasteiger partial charge in [0, 0.05) is 18.3 Å². The lowest BCUT2D eigenvalue weighted by Gasteiger charge is -1.99. The van der Waals surface area contributed by atoms with Gasteiger partial charge in [0.1, 0.15) is 0 Å². The Morgan fingerprint density at radius 1 is 1.25 bits per heavy atom. The third kappa shape index (κ3) is 2.55. The van der Waals surface area contributed by atoms with E-state index in [1.807, 2.05) is 42.1 Å². The van der Waals surface area contributed by atoms with Crippen molar-refractivity contribution in [2.75, 3.05) is 5.73 Å². The summed E-state index contributed by atoms with van der Waals surface area (Å²) in [6, 6.07) is 7.89. The van der Waals surface area contributed by atoms with Crippen molar-refractivity contribution in [3.63, 3.8) is 0 Å². The van der Waals surface area contributed by atoms with E-state index in [-0.39, 0.29) is 0 Å². The van der Waals surface area contributed by atoms with Gasteiger partial charge < -0.3 is 10.3 Å². The summed E-state index contributed by atoms with van der Waals surface area (Å²) in [4.78, 5) is 4.26. The average Bonchev–Trinajstić information content (AvgIpc) is 2.58. The molecule has 2 aromatic rings. The predicted octanol–water partition coefficient (Wildman–Crippen LogP) is 2.44. The first kappa shape index (κ1) is 11.0. The molecule has 0 saturated heterocycles. The van der Waals surface area contributed by atoms with Crippen LogP contribution in [0.3, 0.4) is 0 Å². The number of nitrogen functional groups attached to an aromatic ring is 1. The molecule has 16 heavy (non-hydrogen) atoms. The molecule has 0 bridgehead atoms. The van der Waals surface area contributed by atoms with E-state index in [0.717, 1.165) is 23.6 Å². The summed E-state index contributed by atoms with van der Waals surface area (Å²) < 4.78 is 1.83. The van der Waals surface area contributed by atoms with Gasteiger partial charge in [0.05, 0.1) is 5.69 Å². The van der Waals surface area contributed by atoms with E-state index in [1.165, 1.54) is 5.56 Å². The molecule has 1 aromatic heterocycles. The largest absolute Gasteiger partial charge is 0.369 e. The Morgan fingerprint density at radius 3 is 2.50 bits per heavy atom. The van der Waals surface area contributed by atoms with Gasteiger partial charge in [-0.2, -0.15) is 0 Å². The van der Waals surface area contributed by atoms with Crippen LogP contribution in [-0.2, 0) is 19.9 Å². The number of hydrogen-bond acceptors (Lipinski definition) is 2. The van der Waals surface area contributed by atoms with E-state index in [2.05, 4.69) is 4.98 Å². The number of nitrogens with zero attached hydrogens (tertiary/aromatic N) is 2. The van der Waals surface area contributed by atoms with Crippen molar-refractivity contribution in [1.82, 2.24) is 9.55 Å². The van der Waals surface area contributed by atoms with E-state index in [9.17, 15) is 0 Å². The second-order valence-corrected chi connectivity index (χ2v) is 4.26. The van der Waals surface area contributed by atoms with Gasteiger partial charge in [-0.1, -0.05) is 23.7 Å². The number of nitrogens with two attached hydrogens (primary N) is 1. The lowest BCUT2D eigenvalue weighted by Crippen LogP contribution is -1.95. The highest BCUT2D eigenvalue weighted by atomic mass is 35.5. The monoisotopic (exact) mass is 235 g/mol. The molecular weight excluding hydrogens is 222 g/mol. The number of anilines is 1. The van der Waals surface area contributed by atoms with Crippen molar-refractivity contribution in [3.05, 3.63) is 46.7 Å². The smallest absolute Gasteiger partial charge is 0.200 e. The Hall–Kier alpha value is -1.48. The molecule has 0 radical (unpaired) electrons. The SMILES string of the molecule is Cn1cc(CCc2ccc(Cl)cc2)nc1N. The van der Waals surface area contributed by atoms with Crippen LogP contribution in [0.25, 0.3) is 0 Å². The molecule has 3 nitrogen and oxygen atoms in total. The number of rotatable bonds is 3. The van der Waals surface area contributed by atoms with Crippen LogP contribution in [0.4, 0.5) is 5.95 Å². The molecule has 1 aromatic carbocycles. The maximum absolute atomic E-state index is 5.82. The molecule has 1 heterocycles. The lowest BCUT2D eigenvalue weighted by atomic mass is 10.1. The summed E-state index contributed by atoms with van der Waals surface area (Å²) in [6.45, 7) is 0. The zero-order valence-electron chi connectivity index (χ0n) is 9.15. The van der Waals surface area contributed by atoms with Crippen molar-refractivity contribution in [1.29, 1.82) is 0 Å². The molecule has 0 aliphatic carbocycles. The minimum Gasteiger partial charge on any atom is -0.369 e. The Morgan fingerprint density at radius 2 is 1.94 bits per heavy atom. The van der Waals surface area contributed by atoms with Crippen LogP contribution >= 0.6 is 11.6 Å². The van der Waals surface area contributed by atoms with Crippen molar-refractivity contribution in [2.45, 2.75) is 12.8 Å². The molecule has 0 aliphatic rings. The first-order chi connectivity index (χ1) is 7.65. The van der Waals surface area contributed by atoms with E-state index in [4.69, 9.17) is 17.3 Å². The molecule has 4 heteroatoms. The van der Waals surface area contributed by atoms with Crippen LogP contribution < -0.4 is 5.73 Å². The molecule has 0 unspecified atom stereocenters. The second kappa shape index (κ2) is 4.58. The first-order valence-corrected chi connectivity index (χ1v) is 5.55. The summed E-state index contributed by atoms with van der Waals surface area (Å²) in [5.41, 5.74) is 7.94. The molecule has 0 spiro atoms. The standard InChI is InChI=1S/C12H14ClN3/c1-16-8-11(15-12(16)14)7-4-9-2-5-10(13)6-3-9/h2-3,5-6,8H,4,7H2,1H3,(H2,14,15). The van der Waals surface area contributed by atoms with Gasteiger partial charge in [0.25, 0.3) is 0 Å². The maximum Gasteiger partial charge on any atom is 0.200 e. The first-order valence-electron chi connectivity index (χ1n) is 5.17. The number of aryl methyl sites for hydroxylation is 3. The highest BCUT2D eigenvalue weighted by Gasteiger charge is 2.02. The number of halogens is 1. The van der Waals surface area contributed by atoms with Crippen molar-refractivity contribution in [3.8, 4) is 0 Å². The number of aromatic nitrogens is 2. The Balaban J connectivity index is 1.99. The minimum atomic E-state index is 0.561. The Labute approximate surface area is 99.9 Å². The molecular formula is C12H14ClN3. The fourth-order valence-electron chi connectivity index (χ4n) is 1.59. The Bertz CT molecular complexity index is 454.